The van der Waals surface area contributed by atoms with Crippen LogP contribution >= 0.6 is 25.3 Å². The molecule has 0 heterocycles. The molecule has 0 aromatic rings. The standard InChI is InChI=1S/C10H24N2S2.Tc/c1-3-11(4-2)5-6-12(7-9-13)8-10-14;/h13-14H,3-10H2,1-2H3;/i;1+1. The molecule has 0 N–H and O–H groups in total. The van der Waals surface area contributed by atoms with Crippen molar-refractivity contribution in [1.29, 1.82) is 0 Å². The normalized spacial score (nSPS) is 10.8. The predicted molar refractivity (Wildman–Crippen MR) is 71.9 cm³/mol. The molecule has 0 spiro atoms. The van der Waals surface area contributed by atoms with Gasteiger partial charge in [-0.2, -0.15) is 25.3 Å². The summed E-state index contributed by atoms with van der Waals surface area (Å²) in [7, 11) is 0. The molecular formula is C10H24N2S2Tc. The Morgan fingerprint density at radius 1 is 0.733 bits per heavy atom. The van der Waals surface area contributed by atoms with E-state index in [-0.39, 0.29) is 20.1 Å². The van der Waals surface area contributed by atoms with Crippen molar-refractivity contribution in [1.82, 2.24) is 9.80 Å². The summed E-state index contributed by atoms with van der Waals surface area (Å²) < 4.78 is 0. The zero-order chi connectivity index (χ0) is 10.8. The molecule has 0 rings (SSSR count). The quantitative estimate of drug-likeness (QED) is 0.617. The third-order valence-corrected chi connectivity index (χ3v) is 2.86. The SMILES string of the molecule is CCN(CC)CCN(CCS)CCS.[99Tc]. The summed E-state index contributed by atoms with van der Waals surface area (Å²) in [6.07, 6.45) is 0. The van der Waals surface area contributed by atoms with Gasteiger partial charge < -0.3 is 9.80 Å². The van der Waals surface area contributed by atoms with Crippen molar-refractivity contribution >= 4 is 25.3 Å². The summed E-state index contributed by atoms with van der Waals surface area (Å²) >= 11 is 8.53. The molecule has 0 atom stereocenters. The molecule has 0 bridgehead atoms. The van der Waals surface area contributed by atoms with Crippen molar-refractivity contribution in [2.45, 2.75) is 13.8 Å². The van der Waals surface area contributed by atoms with Gasteiger partial charge in [0.15, 0.2) is 0 Å². The number of hydrogen-bond donors (Lipinski definition) is 2. The third-order valence-electron chi connectivity index (χ3n) is 2.46. The van der Waals surface area contributed by atoms with Crippen LogP contribution in [0.15, 0.2) is 0 Å². The molecule has 0 aromatic carbocycles. The van der Waals surface area contributed by atoms with Crippen molar-refractivity contribution in [3.8, 4) is 0 Å². The van der Waals surface area contributed by atoms with E-state index in [1.54, 1.807) is 0 Å². The van der Waals surface area contributed by atoms with Crippen LogP contribution in [0.1, 0.15) is 13.8 Å². The molecule has 0 aliphatic rings. The van der Waals surface area contributed by atoms with Crippen molar-refractivity contribution in [3.05, 3.63) is 0 Å². The fourth-order valence-corrected chi connectivity index (χ4v) is 2.01. The molecule has 0 aromatic heterocycles. The van der Waals surface area contributed by atoms with Crippen molar-refractivity contribution in [3.63, 3.8) is 0 Å². The fraction of sp³-hybridized carbons (Fsp3) is 1.00. The average Bonchev–Trinajstić information content (AvgIpc) is 2.20. The number of rotatable bonds is 9. The zero-order valence-corrected chi connectivity index (χ0v) is 13.5. The second-order valence-corrected chi connectivity index (χ2v) is 4.21. The van der Waals surface area contributed by atoms with Gasteiger partial charge in [-0.05, 0) is 13.1 Å². The van der Waals surface area contributed by atoms with Gasteiger partial charge in [0.05, 0.1) is 0 Å². The Morgan fingerprint density at radius 3 is 1.47 bits per heavy atom. The van der Waals surface area contributed by atoms with Gasteiger partial charge in [-0.15, -0.1) is 0 Å². The van der Waals surface area contributed by atoms with Crippen LogP contribution in [0.3, 0.4) is 0 Å². The summed E-state index contributed by atoms with van der Waals surface area (Å²) in [4.78, 5) is 4.88. The summed E-state index contributed by atoms with van der Waals surface area (Å²) in [5.41, 5.74) is 0. The summed E-state index contributed by atoms with van der Waals surface area (Å²) in [5, 5.41) is 0. The van der Waals surface area contributed by atoms with Crippen molar-refractivity contribution < 1.29 is 20.1 Å². The van der Waals surface area contributed by atoms with Gasteiger partial charge in [0, 0.05) is 57.8 Å². The maximum absolute atomic E-state index is 4.26. The molecule has 0 saturated carbocycles. The van der Waals surface area contributed by atoms with Gasteiger partial charge in [-0.3, -0.25) is 0 Å². The molecule has 15 heavy (non-hydrogen) atoms. The minimum absolute atomic E-state index is 0. The van der Waals surface area contributed by atoms with E-state index in [1.807, 2.05) is 0 Å². The van der Waals surface area contributed by atoms with Crippen molar-refractivity contribution in [2.24, 2.45) is 0 Å². The fourth-order valence-electron chi connectivity index (χ4n) is 1.44. The van der Waals surface area contributed by atoms with Crippen LogP contribution in [0.5, 0.6) is 0 Å². The predicted octanol–water partition coefficient (Wildman–Crippen LogP) is 1.49. The number of thiol groups is 2. The zero-order valence-electron chi connectivity index (χ0n) is 9.82. The first-order chi connectivity index (χ1) is 6.78. The second kappa shape index (κ2) is 13.3. The minimum Gasteiger partial charge on any atom is -0.303 e. The molecule has 5 heteroatoms. The van der Waals surface area contributed by atoms with Crippen molar-refractivity contribution in [2.75, 3.05) is 50.8 Å². The maximum Gasteiger partial charge on any atom is 0.0110 e. The Morgan fingerprint density at radius 2 is 1.13 bits per heavy atom. The van der Waals surface area contributed by atoms with Gasteiger partial charge in [0.25, 0.3) is 0 Å². The summed E-state index contributed by atoms with van der Waals surface area (Å²) in [6, 6.07) is 0. The van der Waals surface area contributed by atoms with Crippen LogP contribution in [0.2, 0.25) is 0 Å². The van der Waals surface area contributed by atoms with Gasteiger partial charge in [0.2, 0.25) is 0 Å². The first kappa shape index (κ1) is 18.6. The van der Waals surface area contributed by atoms with Crippen LogP contribution < -0.4 is 0 Å². The Balaban J connectivity index is 0. The molecule has 93 valence electrons. The first-order valence-electron chi connectivity index (χ1n) is 5.44. The average molecular weight is 335 g/mol. The Kier molecular flexibility index (Phi) is 16.6. The van der Waals surface area contributed by atoms with Gasteiger partial charge in [-0.25, -0.2) is 0 Å². The van der Waals surface area contributed by atoms with Gasteiger partial charge in [-0.1, -0.05) is 13.8 Å². The molecule has 0 fully saturated rings. The van der Waals surface area contributed by atoms with E-state index >= 15 is 0 Å². The van der Waals surface area contributed by atoms with Gasteiger partial charge in [0.1, 0.15) is 0 Å². The van der Waals surface area contributed by atoms with Crippen LogP contribution in [-0.2, 0) is 20.1 Å². The monoisotopic (exact) mass is 335 g/mol. The Labute approximate surface area is 119 Å². The van der Waals surface area contributed by atoms with E-state index in [9.17, 15) is 0 Å². The molecule has 0 aliphatic heterocycles. The van der Waals surface area contributed by atoms with Crippen LogP contribution in [0.4, 0.5) is 0 Å². The van der Waals surface area contributed by atoms with E-state index in [0.29, 0.717) is 0 Å². The molecule has 1 radical (unpaired) electrons. The molecule has 0 saturated heterocycles. The molecule has 2 nitrogen and oxygen atoms in total. The Bertz CT molecular complexity index is 118. The molecule has 0 aliphatic carbocycles. The topological polar surface area (TPSA) is 6.48 Å². The first-order valence-corrected chi connectivity index (χ1v) is 6.71. The minimum atomic E-state index is 0. The number of nitrogens with zero attached hydrogens (tertiary/aromatic N) is 2. The van der Waals surface area contributed by atoms with E-state index in [4.69, 9.17) is 0 Å². The van der Waals surface area contributed by atoms with Crippen LogP contribution in [-0.4, -0.2) is 60.6 Å². The van der Waals surface area contributed by atoms with E-state index in [1.165, 1.54) is 0 Å². The molecule has 0 unspecified atom stereocenters. The number of likely N-dealkylation sites (N-methyl/N-ethyl adjacent to an activating group) is 1. The number of hydrogen-bond acceptors (Lipinski definition) is 4. The largest absolute Gasteiger partial charge is 0.303 e. The molecule has 0 amide bonds. The van der Waals surface area contributed by atoms with E-state index in [2.05, 4.69) is 48.9 Å². The van der Waals surface area contributed by atoms with E-state index in [0.717, 1.165) is 50.8 Å². The summed E-state index contributed by atoms with van der Waals surface area (Å²) in [6.45, 7) is 11.2. The van der Waals surface area contributed by atoms with Gasteiger partial charge >= 0.3 is 0 Å². The van der Waals surface area contributed by atoms with Crippen LogP contribution in [0, 0.1) is 0 Å². The van der Waals surface area contributed by atoms with E-state index < -0.39 is 0 Å². The smallest absolute Gasteiger partial charge is 0.0110 e. The third kappa shape index (κ3) is 10.2. The molecular weight excluding hydrogens is 311 g/mol. The Hall–Kier alpha value is 1.27. The summed E-state index contributed by atoms with van der Waals surface area (Å²) in [5.74, 6) is 1.87. The second-order valence-electron chi connectivity index (χ2n) is 3.32. The van der Waals surface area contributed by atoms with Crippen LogP contribution in [0.25, 0.3) is 0 Å². The maximum atomic E-state index is 4.26.